The van der Waals surface area contributed by atoms with Crippen molar-refractivity contribution in [2.45, 2.75) is 12.8 Å². The molecule has 0 amide bonds. The van der Waals surface area contributed by atoms with Gasteiger partial charge in [0.05, 0.1) is 23.8 Å². The third kappa shape index (κ3) is 2.38. The minimum Gasteiger partial charge on any atom is -0.330 e. The maximum Gasteiger partial charge on any atom is 0.0846 e. The quantitative estimate of drug-likeness (QED) is 0.788. The van der Waals surface area contributed by atoms with Crippen molar-refractivity contribution in [2.75, 3.05) is 6.54 Å². The van der Waals surface area contributed by atoms with Gasteiger partial charge in [-0.05, 0) is 31.5 Å². The SMILES string of the molecule is NCCCc1cn(-c2cccnc2)nn1. The molecule has 5 heteroatoms. The van der Waals surface area contributed by atoms with Gasteiger partial charge in [0, 0.05) is 6.20 Å². The summed E-state index contributed by atoms with van der Waals surface area (Å²) in [4.78, 5) is 4.02. The molecule has 0 unspecified atom stereocenters. The fourth-order valence-electron chi connectivity index (χ4n) is 1.31. The van der Waals surface area contributed by atoms with Crippen LogP contribution in [0.1, 0.15) is 12.1 Å². The highest BCUT2D eigenvalue weighted by molar-refractivity contribution is 5.26. The average molecular weight is 203 g/mol. The van der Waals surface area contributed by atoms with Crippen LogP contribution in [0.25, 0.3) is 5.69 Å². The predicted molar refractivity (Wildman–Crippen MR) is 56.5 cm³/mol. The van der Waals surface area contributed by atoms with Gasteiger partial charge in [-0.15, -0.1) is 5.10 Å². The number of nitrogens with two attached hydrogens (primary N) is 1. The lowest BCUT2D eigenvalue weighted by atomic mass is 10.2. The molecule has 0 saturated carbocycles. The van der Waals surface area contributed by atoms with E-state index in [1.807, 2.05) is 18.3 Å². The van der Waals surface area contributed by atoms with E-state index in [2.05, 4.69) is 15.3 Å². The fraction of sp³-hybridized carbons (Fsp3) is 0.300. The van der Waals surface area contributed by atoms with Crippen LogP contribution in [-0.2, 0) is 6.42 Å². The predicted octanol–water partition coefficient (Wildman–Crippen LogP) is 0.554. The Kier molecular flexibility index (Phi) is 3.04. The summed E-state index contributed by atoms with van der Waals surface area (Å²) in [6.45, 7) is 0.680. The Hall–Kier alpha value is -1.75. The minimum absolute atomic E-state index is 0.680. The van der Waals surface area contributed by atoms with E-state index in [0.717, 1.165) is 24.2 Å². The van der Waals surface area contributed by atoms with E-state index < -0.39 is 0 Å². The van der Waals surface area contributed by atoms with E-state index in [9.17, 15) is 0 Å². The van der Waals surface area contributed by atoms with Crippen molar-refractivity contribution in [2.24, 2.45) is 5.73 Å². The molecule has 0 atom stereocenters. The maximum atomic E-state index is 5.43. The minimum atomic E-state index is 0.680. The number of aryl methyl sites for hydroxylation is 1. The Labute approximate surface area is 87.9 Å². The first kappa shape index (κ1) is 9.79. The summed E-state index contributed by atoms with van der Waals surface area (Å²) in [6, 6.07) is 3.81. The molecular formula is C10H13N5. The molecule has 2 aromatic heterocycles. The third-order valence-corrected chi connectivity index (χ3v) is 2.09. The molecule has 0 aliphatic rings. The summed E-state index contributed by atoms with van der Waals surface area (Å²) in [5.41, 5.74) is 7.31. The van der Waals surface area contributed by atoms with Gasteiger partial charge >= 0.3 is 0 Å². The third-order valence-electron chi connectivity index (χ3n) is 2.09. The molecule has 2 aromatic rings. The summed E-state index contributed by atoms with van der Waals surface area (Å²) in [7, 11) is 0. The topological polar surface area (TPSA) is 69.6 Å². The Morgan fingerprint density at radius 3 is 3.07 bits per heavy atom. The van der Waals surface area contributed by atoms with Gasteiger partial charge in [-0.2, -0.15) is 0 Å². The smallest absolute Gasteiger partial charge is 0.0846 e. The number of hydrogen-bond donors (Lipinski definition) is 1. The highest BCUT2D eigenvalue weighted by Gasteiger charge is 2.01. The van der Waals surface area contributed by atoms with Gasteiger partial charge in [0.2, 0.25) is 0 Å². The van der Waals surface area contributed by atoms with Gasteiger partial charge < -0.3 is 5.73 Å². The molecule has 2 heterocycles. The van der Waals surface area contributed by atoms with E-state index in [1.165, 1.54) is 0 Å². The van der Waals surface area contributed by atoms with Crippen LogP contribution in [0.3, 0.4) is 0 Å². The van der Waals surface area contributed by atoms with Crippen LogP contribution in [0, 0.1) is 0 Å². The first-order chi connectivity index (χ1) is 7.40. The van der Waals surface area contributed by atoms with E-state index in [4.69, 9.17) is 5.73 Å². The summed E-state index contributed by atoms with van der Waals surface area (Å²) < 4.78 is 1.72. The Morgan fingerprint density at radius 1 is 1.40 bits per heavy atom. The number of pyridine rings is 1. The van der Waals surface area contributed by atoms with Gasteiger partial charge in [-0.25, -0.2) is 4.68 Å². The second-order valence-electron chi connectivity index (χ2n) is 3.26. The number of rotatable bonds is 4. The maximum absolute atomic E-state index is 5.43. The largest absolute Gasteiger partial charge is 0.330 e. The molecule has 15 heavy (non-hydrogen) atoms. The molecule has 78 valence electrons. The molecular weight excluding hydrogens is 190 g/mol. The van der Waals surface area contributed by atoms with Crippen LogP contribution >= 0.6 is 0 Å². The number of aromatic nitrogens is 4. The van der Waals surface area contributed by atoms with Crippen molar-refractivity contribution in [1.82, 2.24) is 20.0 Å². The molecule has 0 radical (unpaired) electrons. The summed E-state index contributed by atoms with van der Waals surface area (Å²) in [5, 5.41) is 8.08. The van der Waals surface area contributed by atoms with Crippen LogP contribution in [0.15, 0.2) is 30.7 Å². The van der Waals surface area contributed by atoms with Gasteiger partial charge in [0.25, 0.3) is 0 Å². The second kappa shape index (κ2) is 4.65. The lowest BCUT2D eigenvalue weighted by molar-refractivity contribution is 0.777. The highest BCUT2D eigenvalue weighted by atomic mass is 15.4. The van der Waals surface area contributed by atoms with Gasteiger partial charge in [-0.1, -0.05) is 5.21 Å². The number of nitrogens with zero attached hydrogens (tertiary/aromatic N) is 4. The molecule has 2 rings (SSSR count). The molecule has 0 aliphatic carbocycles. The molecule has 0 fully saturated rings. The Morgan fingerprint density at radius 2 is 2.33 bits per heavy atom. The zero-order chi connectivity index (χ0) is 10.5. The van der Waals surface area contributed by atoms with Crippen molar-refractivity contribution in [3.05, 3.63) is 36.4 Å². The lowest BCUT2D eigenvalue weighted by Gasteiger charge is -1.96. The van der Waals surface area contributed by atoms with Crippen molar-refractivity contribution < 1.29 is 0 Å². The molecule has 0 aliphatic heterocycles. The normalized spacial score (nSPS) is 10.5. The zero-order valence-electron chi connectivity index (χ0n) is 8.37. The molecule has 2 N–H and O–H groups in total. The standard InChI is InChI=1S/C10H13N5/c11-5-1-3-9-8-15(14-13-9)10-4-2-6-12-7-10/h2,4,6-8H,1,3,5,11H2. The first-order valence-corrected chi connectivity index (χ1v) is 4.92. The van der Waals surface area contributed by atoms with Crippen LogP contribution in [-0.4, -0.2) is 26.5 Å². The summed E-state index contributed by atoms with van der Waals surface area (Å²) in [6.07, 6.45) is 7.20. The van der Waals surface area contributed by atoms with Gasteiger partial charge in [0.1, 0.15) is 0 Å². The van der Waals surface area contributed by atoms with E-state index in [1.54, 1.807) is 17.1 Å². The van der Waals surface area contributed by atoms with E-state index in [-0.39, 0.29) is 0 Å². The zero-order valence-corrected chi connectivity index (χ0v) is 8.37. The van der Waals surface area contributed by atoms with E-state index >= 15 is 0 Å². The van der Waals surface area contributed by atoms with Gasteiger partial charge in [0.15, 0.2) is 0 Å². The van der Waals surface area contributed by atoms with Crippen molar-refractivity contribution in [3.8, 4) is 5.69 Å². The van der Waals surface area contributed by atoms with Crippen LogP contribution in [0.4, 0.5) is 0 Å². The monoisotopic (exact) mass is 203 g/mol. The van der Waals surface area contributed by atoms with Crippen molar-refractivity contribution >= 4 is 0 Å². The Bertz CT molecular complexity index is 409. The highest BCUT2D eigenvalue weighted by Crippen LogP contribution is 2.04. The van der Waals surface area contributed by atoms with Gasteiger partial charge in [-0.3, -0.25) is 4.98 Å². The second-order valence-corrected chi connectivity index (χ2v) is 3.26. The van der Waals surface area contributed by atoms with Crippen molar-refractivity contribution in [1.29, 1.82) is 0 Å². The first-order valence-electron chi connectivity index (χ1n) is 4.92. The molecule has 0 bridgehead atoms. The van der Waals surface area contributed by atoms with E-state index in [0.29, 0.717) is 6.54 Å². The average Bonchev–Trinajstić information content (AvgIpc) is 2.76. The van der Waals surface area contributed by atoms with Crippen molar-refractivity contribution in [3.63, 3.8) is 0 Å². The number of hydrogen-bond acceptors (Lipinski definition) is 4. The van der Waals surface area contributed by atoms with Crippen LogP contribution in [0.5, 0.6) is 0 Å². The molecule has 0 saturated heterocycles. The summed E-state index contributed by atoms with van der Waals surface area (Å²) >= 11 is 0. The fourth-order valence-corrected chi connectivity index (χ4v) is 1.31. The molecule has 0 aromatic carbocycles. The molecule has 0 spiro atoms. The Balaban J connectivity index is 2.14. The summed E-state index contributed by atoms with van der Waals surface area (Å²) in [5.74, 6) is 0. The molecule has 5 nitrogen and oxygen atoms in total. The van der Waals surface area contributed by atoms with Crippen LogP contribution in [0.2, 0.25) is 0 Å². The lowest BCUT2D eigenvalue weighted by Crippen LogP contribution is -2.00. The van der Waals surface area contributed by atoms with Crippen LogP contribution < -0.4 is 5.73 Å².